The molecule has 0 radical (unpaired) electrons. The molecule has 5 heteroatoms. The van der Waals surface area contributed by atoms with Crippen molar-refractivity contribution in [3.63, 3.8) is 0 Å². The Morgan fingerprint density at radius 1 is 1.10 bits per heavy atom. The molecule has 2 N–H and O–H groups in total. The zero-order valence-electron chi connectivity index (χ0n) is 11.3. The number of benzene rings is 1. The molecule has 0 aliphatic carbocycles. The summed E-state index contributed by atoms with van der Waals surface area (Å²) >= 11 is 0. The maximum absolute atomic E-state index is 11.9. The van der Waals surface area contributed by atoms with E-state index in [0.29, 0.717) is 11.5 Å². The molecule has 0 atom stereocenters. The molecule has 0 aliphatic heterocycles. The molecule has 0 amide bonds. The number of rotatable bonds is 2. The highest BCUT2D eigenvalue weighted by atomic mass is 16.1. The van der Waals surface area contributed by atoms with Crippen LogP contribution < -0.4 is 5.56 Å². The lowest BCUT2D eigenvalue weighted by Gasteiger charge is -2.04. The molecular weight excluding hydrogens is 252 g/mol. The second kappa shape index (κ2) is 4.77. The summed E-state index contributed by atoms with van der Waals surface area (Å²) in [5, 5.41) is 7.04. The molecule has 0 bridgehead atoms. The summed E-state index contributed by atoms with van der Waals surface area (Å²) < 4.78 is 0. The number of hydrogen-bond acceptors (Lipinski definition) is 3. The van der Waals surface area contributed by atoms with Crippen LogP contribution in [0.4, 0.5) is 0 Å². The van der Waals surface area contributed by atoms with Crippen molar-refractivity contribution in [3.05, 3.63) is 58.1 Å². The lowest BCUT2D eigenvalue weighted by atomic mass is 10.1. The van der Waals surface area contributed by atoms with E-state index in [4.69, 9.17) is 0 Å². The molecule has 2 heterocycles. The van der Waals surface area contributed by atoms with Crippen LogP contribution in [0.5, 0.6) is 0 Å². The Morgan fingerprint density at radius 2 is 1.85 bits per heavy atom. The molecule has 0 aliphatic rings. The van der Waals surface area contributed by atoms with Gasteiger partial charge in [0.15, 0.2) is 0 Å². The Bertz CT molecular complexity index is 783. The Balaban J connectivity index is 2.20. The molecule has 0 unspecified atom stereocenters. The Morgan fingerprint density at radius 3 is 2.50 bits per heavy atom. The highest BCUT2D eigenvalue weighted by molar-refractivity contribution is 5.65. The number of aromatic amines is 2. The fourth-order valence-corrected chi connectivity index (χ4v) is 2.23. The third-order valence-electron chi connectivity index (χ3n) is 3.18. The highest BCUT2D eigenvalue weighted by Gasteiger charge is 2.13. The monoisotopic (exact) mass is 266 g/mol. The maximum atomic E-state index is 11.9. The molecule has 0 fully saturated rings. The second-order valence-electron chi connectivity index (χ2n) is 4.65. The van der Waals surface area contributed by atoms with Gasteiger partial charge in [0, 0.05) is 17.3 Å². The van der Waals surface area contributed by atoms with Gasteiger partial charge in [0.05, 0.1) is 17.0 Å². The molecule has 0 spiro atoms. The first-order valence-corrected chi connectivity index (χ1v) is 6.34. The van der Waals surface area contributed by atoms with Crippen molar-refractivity contribution < 1.29 is 0 Å². The SMILES string of the molecule is Cc1n[nH]c(C)c1-c1nc(-c2ccccc2)cc(=O)[nH]1. The van der Waals surface area contributed by atoms with Crippen LogP contribution in [0.1, 0.15) is 11.4 Å². The van der Waals surface area contributed by atoms with Crippen molar-refractivity contribution in [2.45, 2.75) is 13.8 Å². The molecule has 3 rings (SSSR count). The van der Waals surface area contributed by atoms with Gasteiger partial charge in [-0.1, -0.05) is 30.3 Å². The van der Waals surface area contributed by atoms with Crippen LogP contribution in [0.25, 0.3) is 22.6 Å². The largest absolute Gasteiger partial charge is 0.306 e. The molecule has 0 saturated carbocycles. The minimum atomic E-state index is -0.172. The van der Waals surface area contributed by atoms with E-state index in [9.17, 15) is 4.79 Å². The van der Waals surface area contributed by atoms with E-state index in [0.717, 1.165) is 22.5 Å². The van der Waals surface area contributed by atoms with E-state index < -0.39 is 0 Å². The summed E-state index contributed by atoms with van der Waals surface area (Å²) in [4.78, 5) is 19.2. The van der Waals surface area contributed by atoms with Crippen LogP contribution in [0.3, 0.4) is 0 Å². The van der Waals surface area contributed by atoms with Gasteiger partial charge in [-0.05, 0) is 13.8 Å². The predicted molar refractivity (Wildman–Crippen MR) is 77.3 cm³/mol. The van der Waals surface area contributed by atoms with Crippen molar-refractivity contribution in [1.29, 1.82) is 0 Å². The standard InChI is InChI=1S/C15H14N4O/c1-9-14(10(2)19-18-9)15-16-12(8-13(20)17-15)11-6-4-3-5-7-11/h3-8H,1-2H3,(H,18,19)(H,16,17,20). The van der Waals surface area contributed by atoms with Crippen LogP contribution >= 0.6 is 0 Å². The minimum Gasteiger partial charge on any atom is -0.306 e. The Kier molecular flexibility index (Phi) is 2.95. The first-order chi connectivity index (χ1) is 9.65. The highest BCUT2D eigenvalue weighted by Crippen LogP contribution is 2.23. The summed E-state index contributed by atoms with van der Waals surface area (Å²) in [5.74, 6) is 0.542. The van der Waals surface area contributed by atoms with Gasteiger partial charge in [0.2, 0.25) is 0 Å². The van der Waals surface area contributed by atoms with Gasteiger partial charge < -0.3 is 4.98 Å². The smallest absolute Gasteiger partial charge is 0.251 e. The first kappa shape index (κ1) is 12.3. The van der Waals surface area contributed by atoms with E-state index in [1.165, 1.54) is 6.07 Å². The fraction of sp³-hybridized carbons (Fsp3) is 0.133. The molecule has 100 valence electrons. The summed E-state index contributed by atoms with van der Waals surface area (Å²) in [5.41, 5.74) is 3.95. The van der Waals surface area contributed by atoms with Gasteiger partial charge in [0.25, 0.3) is 5.56 Å². The number of aryl methyl sites for hydroxylation is 2. The van der Waals surface area contributed by atoms with Crippen LogP contribution in [-0.2, 0) is 0 Å². The lowest BCUT2D eigenvalue weighted by molar-refractivity contribution is 1.02. The average molecular weight is 266 g/mol. The van der Waals surface area contributed by atoms with Gasteiger partial charge in [-0.2, -0.15) is 5.10 Å². The fourth-order valence-electron chi connectivity index (χ4n) is 2.23. The number of aromatic nitrogens is 4. The van der Waals surface area contributed by atoms with Crippen LogP contribution in [0.15, 0.2) is 41.2 Å². The topological polar surface area (TPSA) is 74.4 Å². The Labute approximate surface area is 115 Å². The third kappa shape index (κ3) is 2.14. The molecule has 0 saturated heterocycles. The molecular formula is C15H14N4O. The van der Waals surface area contributed by atoms with Crippen molar-refractivity contribution >= 4 is 0 Å². The second-order valence-corrected chi connectivity index (χ2v) is 4.65. The van der Waals surface area contributed by atoms with Crippen molar-refractivity contribution in [1.82, 2.24) is 20.2 Å². The number of nitrogens with one attached hydrogen (secondary N) is 2. The van der Waals surface area contributed by atoms with E-state index >= 15 is 0 Å². The third-order valence-corrected chi connectivity index (χ3v) is 3.18. The molecule has 20 heavy (non-hydrogen) atoms. The molecule has 5 nitrogen and oxygen atoms in total. The van der Waals surface area contributed by atoms with Gasteiger partial charge in [-0.25, -0.2) is 4.98 Å². The maximum Gasteiger partial charge on any atom is 0.251 e. The number of hydrogen-bond donors (Lipinski definition) is 2. The summed E-state index contributed by atoms with van der Waals surface area (Å²) in [6.07, 6.45) is 0. The quantitative estimate of drug-likeness (QED) is 0.748. The van der Waals surface area contributed by atoms with Crippen molar-refractivity contribution in [2.75, 3.05) is 0 Å². The zero-order valence-corrected chi connectivity index (χ0v) is 11.3. The summed E-state index contributed by atoms with van der Waals surface area (Å²) in [7, 11) is 0. The predicted octanol–water partition coefficient (Wildman–Crippen LogP) is 2.44. The molecule has 3 aromatic rings. The van der Waals surface area contributed by atoms with Gasteiger partial charge in [0.1, 0.15) is 5.82 Å². The van der Waals surface area contributed by atoms with E-state index in [1.807, 2.05) is 44.2 Å². The number of nitrogens with zero attached hydrogens (tertiary/aromatic N) is 2. The van der Waals surface area contributed by atoms with Gasteiger partial charge in [-0.3, -0.25) is 9.89 Å². The van der Waals surface area contributed by atoms with Crippen LogP contribution in [0.2, 0.25) is 0 Å². The Hall–Kier alpha value is -2.69. The van der Waals surface area contributed by atoms with Gasteiger partial charge >= 0.3 is 0 Å². The summed E-state index contributed by atoms with van der Waals surface area (Å²) in [6.45, 7) is 3.79. The number of H-pyrrole nitrogens is 2. The lowest BCUT2D eigenvalue weighted by Crippen LogP contribution is -2.09. The van der Waals surface area contributed by atoms with Crippen LogP contribution in [0, 0.1) is 13.8 Å². The average Bonchev–Trinajstić information content (AvgIpc) is 2.78. The van der Waals surface area contributed by atoms with Crippen molar-refractivity contribution in [2.24, 2.45) is 0 Å². The minimum absolute atomic E-state index is 0.172. The first-order valence-electron chi connectivity index (χ1n) is 6.34. The van der Waals surface area contributed by atoms with Crippen molar-refractivity contribution in [3.8, 4) is 22.6 Å². The van der Waals surface area contributed by atoms with Gasteiger partial charge in [-0.15, -0.1) is 0 Å². The van der Waals surface area contributed by atoms with E-state index in [1.54, 1.807) is 0 Å². The molecule has 1 aromatic carbocycles. The van der Waals surface area contributed by atoms with E-state index in [2.05, 4.69) is 20.2 Å². The normalized spacial score (nSPS) is 10.7. The zero-order chi connectivity index (χ0) is 14.1. The van der Waals surface area contributed by atoms with E-state index in [-0.39, 0.29) is 5.56 Å². The van der Waals surface area contributed by atoms with Crippen LogP contribution in [-0.4, -0.2) is 20.2 Å². The molecule has 2 aromatic heterocycles. The summed E-state index contributed by atoms with van der Waals surface area (Å²) in [6, 6.07) is 11.1.